The standard InChI is InChI=1S/C14H13BO4.CH4/c1-10(16)19-14-8-4-12(5-9-14)11-2-6-13(7-3-11)15(17)18;/h2-9,17-18H,1H3;1H4. The number of ether oxygens (including phenoxy) is 1. The van der Waals surface area contributed by atoms with Gasteiger partial charge in [0.05, 0.1) is 0 Å². The van der Waals surface area contributed by atoms with Crippen LogP contribution in [0.1, 0.15) is 14.4 Å². The predicted molar refractivity (Wildman–Crippen MR) is 79.7 cm³/mol. The predicted octanol–water partition coefficient (Wildman–Crippen LogP) is 1.59. The molecule has 0 heterocycles. The van der Waals surface area contributed by atoms with Gasteiger partial charge in [-0.05, 0) is 28.7 Å². The lowest BCUT2D eigenvalue weighted by Crippen LogP contribution is -2.29. The minimum absolute atomic E-state index is 0. The van der Waals surface area contributed by atoms with Crippen molar-refractivity contribution in [1.82, 2.24) is 0 Å². The zero-order valence-electron chi connectivity index (χ0n) is 10.4. The van der Waals surface area contributed by atoms with Crippen molar-refractivity contribution in [2.24, 2.45) is 0 Å². The Labute approximate surface area is 118 Å². The van der Waals surface area contributed by atoms with Crippen LogP contribution in [0.2, 0.25) is 0 Å². The number of benzene rings is 2. The van der Waals surface area contributed by atoms with Gasteiger partial charge in [-0.15, -0.1) is 0 Å². The third-order valence-corrected chi connectivity index (χ3v) is 2.66. The molecule has 0 spiro atoms. The monoisotopic (exact) mass is 272 g/mol. The highest BCUT2D eigenvalue weighted by Crippen LogP contribution is 2.21. The summed E-state index contributed by atoms with van der Waals surface area (Å²) >= 11 is 0. The molecule has 104 valence electrons. The van der Waals surface area contributed by atoms with Crippen LogP contribution in [-0.2, 0) is 4.79 Å². The lowest BCUT2D eigenvalue weighted by molar-refractivity contribution is -0.131. The fourth-order valence-corrected chi connectivity index (χ4v) is 1.73. The smallest absolute Gasteiger partial charge is 0.427 e. The molecule has 2 aromatic rings. The molecule has 5 heteroatoms. The summed E-state index contributed by atoms with van der Waals surface area (Å²) in [6.07, 6.45) is 0. The van der Waals surface area contributed by atoms with Crippen molar-refractivity contribution in [3.8, 4) is 16.9 Å². The van der Waals surface area contributed by atoms with Crippen LogP contribution in [0.25, 0.3) is 11.1 Å². The average molecular weight is 272 g/mol. The van der Waals surface area contributed by atoms with Crippen molar-refractivity contribution in [3.63, 3.8) is 0 Å². The number of hydrogen-bond acceptors (Lipinski definition) is 4. The number of carbonyl (C=O) groups is 1. The SMILES string of the molecule is C.CC(=O)Oc1ccc(-c2ccc(B(O)O)cc2)cc1. The molecule has 0 atom stereocenters. The average Bonchev–Trinajstić information content (AvgIpc) is 2.39. The molecule has 0 aliphatic heterocycles. The summed E-state index contributed by atoms with van der Waals surface area (Å²) in [6.45, 7) is 1.35. The Hall–Kier alpha value is -2.11. The molecule has 4 nitrogen and oxygen atoms in total. The normalized spacial score (nSPS) is 9.55. The van der Waals surface area contributed by atoms with Gasteiger partial charge in [0.25, 0.3) is 0 Å². The van der Waals surface area contributed by atoms with Crippen LogP contribution in [0.4, 0.5) is 0 Å². The fourth-order valence-electron chi connectivity index (χ4n) is 1.73. The molecule has 0 aromatic heterocycles. The van der Waals surface area contributed by atoms with Gasteiger partial charge in [-0.2, -0.15) is 0 Å². The number of carbonyl (C=O) groups excluding carboxylic acids is 1. The van der Waals surface area contributed by atoms with Crippen molar-refractivity contribution < 1.29 is 19.6 Å². The first-order chi connectivity index (χ1) is 9.06. The Morgan fingerprint density at radius 1 is 0.950 bits per heavy atom. The molecule has 0 radical (unpaired) electrons. The Balaban J connectivity index is 0.00000200. The summed E-state index contributed by atoms with van der Waals surface area (Å²) in [5.74, 6) is 0.146. The van der Waals surface area contributed by atoms with Crippen LogP contribution in [0.15, 0.2) is 48.5 Å². The summed E-state index contributed by atoms with van der Waals surface area (Å²) in [7, 11) is -1.46. The molecule has 0 saturated heterocycles. The van der Waals surface area contributed by atoms with Crippen molar-refractivity contribution in [1.29, 1.82) is 0 Å². The second-order valence-electron chi connectivity index (χ2n) is 4.11. The van der Waals surface area contributed by atoms with E-state index in [1.807, 2.05) is 12.1 Å². The van der Waals surface area contributed by atoms with E-state index in [1.54, 1.807) is 36.4 Å². The molecule has 2 N–H and O–H groups in total. The van der Waals surface area contributed by atoms with Gasteiger partial charge in [0.1, 0.15) is 5.75 Å². The lowest BCUT2D eigenvalue weighted by atomic mass is 9.80. The van der Waals surface area contributed by atoms with E-state index in [1.165, 1.54) is 6.92 Å². The molecule has 20 heavy (non-hydrogen) atoms. The Morgan fingerprint density at radius 2 is 1.40 bits per heavy atom. The van der Waals surface area contributed by atoms with E-state index in [9.17, 15) is 4.79 Å². The summed E-state index contributed by atoms with van der Waals surface area (Å²) in [6, 6.07) is 14.0. The number of esters is 1. The van der Waals surface area contributed by atoms with Gasteiger partial charge in [0.2, 0.25) is 0 Å². The molecule has 0 aliphatic carbocycles. The fraction of sp³-hybridized carbons (Fsp3) is 0.133. The van der Waals surface area contributed by atoms with Crippen molar-refractivity contribution in [2.45, 2.75) is 14.4 Å². The molecule has 0 bridgehead atoms. The summed E-state index contributed by atoms with van der Waals surface area (Å²) < 4.78 is 4.95. The summed E-state index contributed by atoms with van der Waals surface area (Å²) in [5, 5.41) is 18.0. The summed E-state index contributed by atoms with van der Waals surface area (Å²) in [4.78, 5) is 10.8. The van der Waals surface area contributed by atoms with E-state index < -0.39 is 7.12 Å². The zero-order valence-corrected chi connectivity index (χ0v) is 10.4. The van der Waals surface area contributed by atoms with Gasteiger partial charge in [-0.1, -0.05) is 43.8 Å². The molecule has 0 amide bonds. The maximum Gasteiger partial charge on any atom is 0.488 e. The van der Waals surface area contributed by atoms with Crippen LogP contribution < -0.4 is 10.2 Å². The molecule has 0 aliphatic rings. The largest absolute Gasteiger partial charge is 0.488 e. The van der Waals surface area contributed by atoms with E-state index in [0.717, 1.165) is 11.1 Å². The topological polar surface area (TPSA) is 66.8 Å². The van der Waals surface area contributed by atoms with Crippen LogP contribution in [0, 0.1) is 0 Å². The van der Waals surface area contributed by atoms with E-state index >= 15 is 0 Å². The maximum atomic E-state index is 10.8. The maximum absolute atomic E-state index is 10.8. The number of rotatable bonds is 3. The highest BCUT2D eigenvalue weighted by Gasteiger charge is 2.10. The third kappa shape index (κ3) is 3.95. The van der Waals surface area contributed by atoms with Crippen LogP contribution in [0.3, 0.4) is 0 Å². The second kappa shape index (κ2) is 6.89. The Bertz CT molecular complexity index is 561. The van der Waals surface area contributed by atoms with E-state index in [0.29, 0.717) is 11.2 Å². The highest BCUT2D eigenvalue weighted by molar-refractivity contribution is 6.58. The van der Waals surface area contributed by atoms with Gasteiger partial charge in [0.15, 0.2) is 0 Å². The molecule has 2 aromatic carbocycles. The first-order valence-electron chi connectivity index (χ1n) is 5.81. The molecular weight excluding hydrogens is 255 g/mol. The van der Waals surface area contributed by atoms with Crippen molar-refractivity contribution in [2.75, 3.05) is 0 Å². The molecule has 0 unspecified atom stereocenters. The van der Waals surface area contributed by atoms with Crippen LogP contribution >= 0.6 is 0 Å². The van der Waals surface area contributed by atoms with E-state index in [-0.39, 0.29) is 13.4 Å². The molecule has 0 saturated carbocycles. The molecule has 0 fully saturated rings. The van der Waals surface area contributed by atoms with Crippen LogP contribution in [0.5, 0.6) is 5.75 Å². The van der Waals surface area contributed by atoms with Crippen molar-refractivity contribution in [3.05, 3.63) is 48.5 Å². The second-order valence-corrected chi connectivity index (χ2v) is 4.11. The van der Waals surface area contributed by atoms with Gasteiger partial charge in [-0.3, -0.25) is 4.79 Å². The zero-order chi connectivity index (χ0) is 13.8. The minimum Gasteiger partial charge on any atom is -0.427 e. The van der Waals surface area contributed by atoms with Crippen LogP contribution in [-0.4, -0.2) is 23.1 Å². The Morgan fingerprint density at radius 3 is 1.80 bits per heavy atom. The summed E-state index contributed by atoms with van der Waals surface area (Å²) in [5.41, 5.74) is 2.34. The van der Waals surface area contributed by atoms with Gasteiger partial charge in [0, 0.05) is 6.92 Å². The van der Waals surface area contributed by atoms with Gasteiger partial charge < -0.3 is 14.8 Å². The molecular formula is C15H17BO4. The van der Waals surface area contributed by atoms with E-state index in [4.69, 9.17) is 14.8 Å². The quantitative estimate of drug-likeness (QED) is 0.506. The third-order valence-electron chi connectivity index (χ3n) is 2.66. The first kappa shape index (κ1) is 16.0. The van der Waals surface area contributed by atoms with Gasteiger partial charge >= 0.3 is 13.1 Å². The lowest BCUT2D eigenvalue weighted by Gasteiger charge is -2.05. The highest BCUT2D eigenvalue weighted by atomic mass is 16.5. The van der Waals surface area contributed by atoms with Gasteiger partial charge in [-0.25, -0.2) is 0 Å². The first-order valence-corrected chi connectivity index (χ1v) is 5.81. The minimum atomic E-state index is -1.46. The van der Waals surface area contributed by atoms with Crippen molar-refractivity contribution >= 4 is 18.6 Å². The van der Waals surface area contributed by atoms with E-state index in [2.05, 4.69) is 0 Å². The Kier molecular flexibility index (Phi) is 5.49. The molecule has 2 rings (SSSR count). The number of hydrogen-bond donors (Lipinski definition) is 2.